The van der Waals surface area contributed by atoms with Gasteiger partial charge in [0.25, 0.3) is 0 Å². The molecular formula is C18H18ClF3N2O2S. The number of hydrogen-bond acceptors (Lipinski definition) is 3. The molecule has 1 aliphatic rings. The SMILES string of the molecule is Cc1ccc(Cl)cc1S(=O)(=O)N1CCN(c2cccc(C(F)(F)F)c2)CC1. The highest BCUT2D eigenvalue weighted by Gasteiger charge is 2.32. The molecule has 0 saturated carbocycles. The second kappa shape index (κ2) is 7.33. The molecule has 27 heavy (non-hydrogen) atoms. The first-order chi connectivity index (χ1) is 12.6. The summed E-state index contributed by atoms with van der Waals surface area (Å²) < 4.78 is 65.8. The van der Waals surface area contributed by atoms with Crippen LogP contribution in [0.25, 0.3) is 0 Å². The lowest BCUT2D eigenvalue weighted by atomic mass is 10.1. The Labute approximate surface area is 161 Å². The average Bonchev–Trinajstić information content (AvgIpc) is 2.63. The third kappa shape index (κ3) is 4.23. The molecule has 0 spiro atoms. The van der Waals surface area contributed by atoms with Crippen LogP contribution in [0.5, 0.6) is 0 Å². The van der Waals surface area contributed by atoms with Crippen molar-refractivity contribution >= 4 is 27.3 Å². The fourth-order valence-electron chi connectivity index (χ4n) is 3.06. The van der Waals surface area contributed by atoms with Crippen molar-refractivity contribution in [2.75, 3.05) is 31.1 Å². The molecule has 0 aromatic heterocycles. The van der Waals surface area contributed by atoms with Gasteiger partial charge in [-0.1, -0.05) is 23.7 Å². The van der Waals surface area contributed by atoms with E-state index in [9.17, 15) is 21.6 Å². The Kier molecular flexibility index (Phi) is 5.42. The molecule has 0 amide bonds. The van der Waals surface area contributed by atoms with Crippen LogP contribution in [0.15, 0.2) is 47.4 Å². The van der Waals surface area contributed by atoms with Crippen molar-refractivity contribution in [1.29, 1.82) is 0 Å². The van der Waals surface area contributed by atoms with Gasteiger partial charge in [0.15, 0.2) is 0 Å². The van der Waals surface area contributed by atoms with E-state index in [-0.39, 0.29) is 18.0 Å². The van der Waals surface area contributed by atoms with Gasteiger partial charge in [-0.3, -0.25) is 0 Å². The van der Waals surface area contributed by atoms with Crippen LogP contribution in [0.1, 0.15) is 11.1 Å². The minimum absolute atomic E-state index is 0.155. The van der Waals surface area contributed by atoms with E-state index in [0.29, 0.717) is 29.4 Å². The van der Waals surface area contributed by atoms with Crippen molar-refractivity contribution in [1.82, 2.24) is 4.31 Å². The number of halogens is 4. The number of hydrogen-bond donors (Lipinski definition) is 0. The molecule has 4 nitrogen and oxygen atoms in total. The maximum absolute atomic E-state index is 12.9. The molecule has 0 radical (unpaired) electrons. The van der Waals surface area contributed by atoms with E-state index in [2.05, 4.69) is 0 Å². The number of alkyl halides is 3. The number of anilines is 1. The minimum Gasteiger partial charge on any atom is -0.369 e. The predicted molar refractivity (Wildman–Crippen MR) is 98.6 cm³/mol. The summed E-state index contributed by atoms with van der Waals surface area (Å²) >= 11 is 5.93. The van der Waals surface area contributed by atoms with Crippen molar-refractivity contribution < 1.29 is 21.6 Å². The Bertz CT molecular complexity index is 940. The summed E-state index contributed by atoms with van der Waals surface area (Å²) in [7, 11) is -3.71. The summed E-state index contributed by atoms with van der Waals surface area (Å²) in [5, 5.41) is 0.335. The number of nitrogens with zero attached hydrogens (tertiary/aromatic N) is 2. The van der Waals surface area contributed by atoms with Crippen LogP contribution in [0.4, 0.5) is 18.9 Å². The molecule has 1 fully saturated rings. The van der Waals surface area contributed by atoms with Crippen molar-refractivity contribution in [2.24, 2.45) is 0 Å². The van der Waals surface area contributed by atoms with E-state index < -0.39 is 21.8 Å². The molecule has 2 aromatic carbocycles. The molecule has 1 aliphatic heterocycles. The van der Waals surface area contributed by atoms with Gasteiger partial charge in [0, 0.05) is 36.9 Å². The lowest BCUT2D eigenvalue weighted by Crippen LogP contribution is -2.48. The molecule has 0 unspecified atom stereocenters. The molecule has 2 aromatic rings. The summed E-state index contributed by atoms with van der Waals surface area (Å²) in [5.41, 5.74) is 0.310. The molecule has 1 heterocycles. The van der Waals surface area contributed by atoms with E-state index >= 15 is 0 Å². The summed E-state index contributed by atoms with van der Waals surface area (Å²) in [6.45, 7) is 2.68. The van der Waals surface area contributed by atoms with Gasteiger partial charge in [0.2, 0.25) is 10.0 Å². The number of rotatable bonds is 3. The lowest BCUT2D eigenvalue weighted by Gasteiger charge is -2.35. The summed E-state index contributed by atoms with van der Waals surface area (Å²) in [6.07, 6.45) is -4.41. The zero-order chi connectivity index (χ0) is 19.8. The van der Waals surface area contributed by atoms with E-state index in [1.165, 1.54) is 16.4 Å². The first-order valence-corrected chi connectivity index (χ1v) is 10.1. The third-order valence-electron chi connectivity index (χ3n) is 4.55. The van der Waals surface area contributed by atoms with Crippen LogP contribution in [0.2, 0.25) is 5.02 Å². The molecule has 0 atom stereocenters. The molecule has 0 aliphatic carbocycles. The predicted octanol–water partition coefficient (Wildman–Crippen LogP) is 4.18. The fourth-order valence-corrected chi connectivity index (χ4v) is 4.97. The van der Waals surface area contributed by atoms with Gasteiger partial charge in [0.05, 0.1) is 10.5 Å². The van der Waals surface area contributed by atoms with Crippen LogP contribution in [0.3, 0.4) is 0 Å². The molecule has 146 valence electrons. The van der Waals surface area contributed by atoms with Gasteiger partial charge >= 0.3 is 6.18 Å². The Morgan fingerprint density at radius 2 is 1.67 bits per heavy atom. The van der Waals surface area contributed by atoms with Crippen LogP contribution >= 0.6 is 11.6 Å². The van der Waals surface area contributed by atoms with E-state index in [0.717, 1.165) is 12.1 Å². The Morgan fingerprint density at radius 3 is 2.30 bits per heavy atom. The third-order valence-corrected chi connectivity index (χ3v) is 6.82. The van der Waals surface area contributed by atoms with Crippen LogP contribution < -0.4 is 4.90 Å². The van der Waals surface area contributed by atoms with E-state index in [1.807, 2.05) is 0 Å². The monoisotopic (exact) mass is 418 g/mol. The molecular weight excluding hydrogens is 401 g/mol. The first kappa shape index (κ1) is 20.0. The van der Waals surface area contributed by atoms with Gasteiger partial charge in [0.1, 0.15) is 0 Å². The largest absolute Gasteiger partial charge is 0.416 e. The minimum atomic E-state index is -4.41. The van der Waals surface area contributed by atoms with Crippen molar-refractivity contribution in [2.45, 2.75) is 18.0 Å². The van der Waals surface area contributed by atoms with Gasteiger partial charge < -0.3 is 4.90 Å². The topological polar surface area (TPSA) is 40.6 Å². The van der Waals surface area contributed by atoms with Gasteiger partial charge in [-0.05, 0) is 42.8 Å². The Balaban J connectivity index is 1.77. The maximum Gasteiger partial charge on any atom is 0.416 e. The van der Waals surface area contributed by atoms with Crippen LogP contribution in [0, 0.1) is 6.92 Å². The van der Waals surface area contributed by atoms with Gasteiger partial charge in [-0.15, -0.1) is 0 Å². The maximum atomic E-state index is 12.9. The molecule has 9 heteroatoms. The van der Waals surface area contributed by atoms with Crippen LogP contribution in [-0.4, -0.2) is 38.9 Å². The quantitative estimate of drug-likeness (QED) is 0.750. The van der Waals surface area contributed by atoms with E-state index in [4.69, 9.17) is 11.6 Å². The number of sulfonamides is 1. The van der Waals surface area contributed by atoms with Crippen LogP contribution in [-0.2, 0) is 16.2 Å². The lowest BCUT2D eigenvalue weighted by molar-refractivity contribution is -0.137. The highest BCUT2D eigenvalue weighted by Crippen LogP contribution is 2.32. The number of piperazine rings is 1. The van der Waals surface area contributed by atoms with Gasteiger partial charge in [-0.25, -0.2) is 8.42 Å². The highest BCUT2D eigenvalue weighted by atomic mass is 35.5. The second-order valence-electron chi connectivity index (χ2n) is 6.35. The normalized spacial score (nSPS) is 16.6. The molecule has 0 N–H and O–H groups in total. The second-order valence-corrected chi connectivity index (χ2v) is 8.69. The Hall–Kier alpha value is -1.77. The number of aryl methyl sites for hydroxylation is 1. The molecule has 1 saturated heterocycles. The van der Waals surface area contributed by atoms with E-state index in [1.54, 1.807) is 30.0 Å². The van der Waals surface area contributed by atoms with Crippen molar-refractivity contribution in [3.8, 4) is 0 Å². The molecule has 3 rings (SSSR count). The average molecular weight is 419 g/mol. The summed E-state index contributed by atoms with van der Waals surface area (Å²) in [4.78, 5) is 1.91. The summed E-state index contributed by atoms with van der Waals surface area (Å²) in [5.74, 6) is 0. The zero-order valence-corrected chi connectivity index (χ0v) is 16.1. The van der Waals surface area contributed by atoms with Gasteiger partial charge in [-0.2, -0.15) is 17.5 Å². The molecule has 0 bridgehead atoms. The first-order valence-electron chi connectivity index (χ1n) is 8.27. The fraction of sp³-hybridized carbons (Fsp3) is 0.333. The summed E-state index contributed by atoms with van der Waals surface area (Å²) in [6, 6.07) is 9.76. The smallest absolute Gasteiger partial charge is 0.369 e. The van der Waals surface area contributed by atoms with Crippen molar-refractivity contribution in [3.63, 3.8) is 0 Å². The number of benzene rings is 2. The standard InChI is InChI=1S/C18H18ClF3N2O2S/c1-13-5-6-15(19)12-17(13)27(25,26)24-9-7-23(8-10-24)16-4-2-3-14(11-16)18(20,21)22/h2-6,11-12H,7-10H2,1H3. The Morgan fingerprint density at radius 1 is 1.00 bits per heavy atom. The highest BCUT2D eigenvalue weighted by molar-refractivity contribution is 7.89. The zero-order valence-electron chi connectivity index (χ0n) is 14.5. The van der Waals surface area contributed by atoms with Crippen molar-refractivity contribution in [3.05, 3.63) is 58.6 Å².